The number of carbonyl (C=O) groups is 2. The summed E-state index contributed by atoms with van der Waals surface area (Å²) in [4.78, 5) is 26.6. The van der Waals surface area contributed by atoms with Crippen molar-refractivity contribution in [1.82, 2.24) is 0 Å². The van der Waals surface area contributed by atoms with Crippen molar-refractivity contribution in [3.05, 3.63) is 117 Å². The quantitative estimate of drug-likeness (QED) is 0.310. The van der Waals surface area contributed by atoms with Crippen molar-refractivity contribution < 1.29 is 9.59 Å². The smallest absolute Gasteiger partial charge is 0.256 e. The van der Waals surface area contributed by atoms with Gasteiger partial charge in [0.1, 0.15) is 0 Å². The summed E-state index contributed by atoms with van der Waals surface area (Å²) < 4.78 is 0. The molecule has 36 heavy (non-hydrogen) atoms. The molecule has 182 valence electrons. The van der Waals surface area contributed by atoms with Crippen molar-refractivity contribution in [3.8, 4) is 11.1 Å². The number of carbonyl (C=O) groups excluding carboxylic acids is 2. The predicted molar refractivity (Wildman–Crippen MR) is 149 cm³/mol. The second-order valence-electron chi connectivity index (χ2n) is 9.55. The van der Waals surface area contributed by atoms with Crippen LogP contribution in [0.1, 0.15) is 54.1 Å². The first-order chi connectivity index (χ1) is 17.2. The molecular weight excluding hydrogens is 444 g/mol. The lowest BCUT2D eigenvalue weighted by atomic mass is 9.97. The third kappa shape index (κ3) is 5.08. The van der Waals surface area contributed by atoms with E-state index >= 15 is 0 Å². The van der Waals surface area contributed by atoms with Crippen LogP contribution in [0.2, 0.25) is 0 Å². The number of para-hydroxylation sites is 2. The van der Waals surface area contributed by atoms with Gasteiger partial charge in [0, 0.05) is 33.6 Å². The van der Waals surface area contributed by atoms with Gasteiger partial charge in [0.05, 0.1) is 0 Å². The number of aryl methyl sites for hydroxylation is 6. The molecule has 4 heteroatoms. The van der Waals surface area contributed by atoms with Gasteiger partial charge in [0.15, 0.2) is 0 Å². The third-order valence-electron chi connectivity index (χ3n) is 6.45. The highest BCUT2D eigenvalue weighted by molar-refractivity contribution is 6.10. The monoisotopic (exact) mass is 476 g/mol. The van der Waals surface area contributed by atoms with E-state index in [4.69, 9.17) is 0 Å². The molecule has 2 N–H and O–H groups in total. The lowest BCUT2D eigenvalue weighted by Crippen LogP contribution is -2.17. The molecule has 2 amide bonds. The normalized spacial score (nSPS) is 10.7. The molecular formula is C32H32N2O2. The SMILES string of the molecule is Cc1cc(C)c(C(=O)Nc2ccccc2-c2ccccc2NC(=O)c2c(C)cc(C)cc2C)c(C)c1. The topological polar surface area (TPSA) is 58.2 Å². The Hall–Kier alpha value is -4.18. The van der Waals surface area contributed by atoms with E-state index in [1.54, 1.807) is 0 Å². The average molecular weight is 477 g/mol. The van der Waals surface area contributed by atoms with E-state index in [1.165, 1.54) is 0 Å². The zero-order chi connectivity index (χ0) is 26.0. The number of rotatable bonds is 5. The lowest BCUT2D eigenvalue weighted by molar-refractivity contribution is 0.101. The molecule has 0 fully saturated rings. The molecule has 0 atom stereocenters. The molecule has 0 aliphatic heterocycles. The van der Waals surface area contributed by atoms with Gasteiger partial charge in [-0.25, -0.2) is 0 Å². The van der Waals surface area contributed by atoms with Crippen LogP contribution in [0.5, 0.6) is 0 Å². The Kier molecular flexibility index (Phi) is 7.07. The summed E-state index contributed by atoms with van der Waals surface area (Å²) in [5, 5.41) is 6.22. The Bertz CT molecular complexity index is 1320. The Balaban J connectivity index is 1.69. The minimum Gasteiger partial charge on any atom is -0.321 e. The minimum atomic E-state index is -0.148. The minimum absolute atomic E-state index is 0.148. The first-order valence-electron chi connectivity index (χ1n) is 12.1. The van der Waals surface area contributed by atoms with Crippen molar-refractivity contribution in [2.24, 2.45) is 0 Å². The van der Waals surface area contributed by atoms with Gasteiger partial charge in [-0.2, -0.15) is 0 Å². The van der Waals surface area contributed by atoms with Crippen LogP contribution in [0.15, 0.2) is 72.8 Å². The molecule has 4 nitrogen and oxygen atoms in total. The largest absolute Gasteiger partial charge is 0.321 e. The van der Waals surface area contributed by atoms with E-state index in [9.17, 15) is 9.59 Å². The standard InChI is InChI=1S/C32H32N2O2/c1-19-15-21(3)29(22(4)16-19)31(35)33-27-13-9-7-11-25(27)26-12-8-10-14-28(26)34-32(36)30-23(5)17-20(2)18-24(30)6/h7-18H,1-6H3,(H,33,35)(H,34,36). The molecule has 0 heterocycles. The van der Waals surface area contributed by atoms with Crippen molar-refractivity contribution in [1.29, 1.82) is 0 Å². The maximum Gasteiger partial charge on any atom is 0.256 e. The zero-order valence-corrected chi connectivity index (χ0v) is 21.7. The van der Waals surface area contributed by atoms with Crippen LogP contribution >= 0.6 is 0 Å². The maximum absolute atomic E-state index is 13.3. The summed E-state index contributed by atoms with van der Waals surface area (Å²) in [5.74, 6) is -0.297. The van der Waals surface area contributed by atoms with Gasteiger partial charge >= 0.3 is 0 Å². The van der Waals surface area contributed by atoms with E-state index < -0.39 is 0 Å². The summed E-state index contributed by atoms with van der Waals surface area (Å²) in [7, 11) is 0. The molecule has 0 aliphatic rings. The Morgan fingerprint density at radius 3 is 1.14 bits per heavy atom. The number of hydrogen-bond acceptors (Lipinski definition) is 2. The molecule has 0 radical (unpaired) electrons. The highest BCUT2D eigenvalue weighted by Crippen LogP contribution is 2.34. The predicted octanol–water partition coefficient (Wildman–Crippen LogP) is 7.71. The maximum atomic E-state index is 13.3. The molecule has 0 aromatic heterocycles. The summed E-state index contributed by atoms with van der Waals surface area (Å²) in [6, 6.07) is 23.4. The van der Waals surface area contributed by atoms with Crippen LogP contribution in [-0.2, 0) is 0 Å². The Morgan fingerprint density at radius 1 is 0.500 bits per heavy atom. The summed E-state index contributed by atoms with van der Waals surface area (Å²) >= 11 is 0. The van der Waals surface area contributed by atoms with E-state index in [1.807, 2.05) is 114 Å². The number of benzene rings is 4. The molecule has 0 aliphatic carbocycles. The molecule has 0 saturated heterocycles. The number of nitrogens with one attached hydrogen (secondary N) is 2. The highest BCUT2D eigenvalue weighted by Gasteiger charge is 2.18. The molecule has 0 unspecified atom stereocenters. The molecule has 4 rings (SSSR count). The van der Waals surface area contributed by atoms with Gasteiger partial charge in [0.25, 0.3) is 11.8 Å². The van der Waals surface area contributed by atoms with Crippen LogP contribution in [0.4, 0.5) is 11.4 Å². The van der Waals surface area contributed by atoms with Gasteiger partial charge in [-0.05, 0) is 75.9 Å². The van der Waals surface area contributed by atoms with Crippen LogP contribution in [0, 0.1) is 41.5 Å². The van der Waals surface area contributed by atoms with E-state index in [-0.39, 0.29) is 11.8 Å². The molecule has 0 saturated carbocycles. The fourth-order valence-electron chi connectivity index (χ4n) is 5.10. The van der Waals surface area contributed by atoms with Gasteiger partial charge in [-0.15, -0.1) is 0 Å². The number of amides is 2. The van der Waals surface area contributed by atoms with E-state index in [0.717, 1.165) is 44.5 Å². The van der Waals surface area contributed by atoms with Crippen molar-refractivity contribution in [2.75, 3.05) is 10.6 Å². The third-order valence-corrected chi connectivity index (χ3v) is 6.45. The van der Waals surface area contributed by atoms with Crippen LogP contribution in [0.3, 0.4) is 0 Å². The lowest BCUT2D eigenvalue weighted by Gasteiger charge is -2.18. The van der Waals surface area contributed by atoms with Crippen LogP contribution < -0.4 is 10.6 Å². The van der Waals surface area contributed by atoms with Crippen LogP contribution in [-0.4, -0.2) is 11.8 Å². The van der Waals surface area contributed by atoms with Crippen molar-refractivity contribution >= 4 is 23.2 Å². The average Bonchev–Trinajstić information content (AvgIpc) is 2.78. The highest BCUT2D eigenvalue weighted by atomic mass is 16.2. The second kappa shape index (κ2) is 10.2. The second-order valence-corrected chi connectivity index (χ2v) is 9.55. The van der Waals surface area contributed by atoms with Gasteiger partial charge < -0.3 is 10.6 Å². The fraction of sp³-hybridized carbons (Fsp3) is 0.188. The van der Waals surface area contributed by atoms with E-state index in [2.05, 4.69) is 10.6 Å². The van der Waals surface area contributed by atoms with Crippen molar-refractivity contribution in [2.45, 2.75) is 41.5 Å². The molecule has 4 aromatic rings. The zero-order valence-electron chi connectivity index (χ0n) is 21.7. The summed E-state index contributed by atoms with van der Waals surface area (Å²) in [6.07, 6.45) is 0. The molecule has 4 aromatic carbocycles. The number of hydrogen-bond donors (Lipinski definition) is 2. The van der Waals surface area contributed by atoms with Crippen molar-refractivity contribution in [3.63, 3.8) is 0 Å². The summed E-state index contributed by atoms with van der Waals surface area (Å²) in [5.41, 5.74) is 10.4. The summed E-state index contributed by atoms with van der Waals surface area (Å²) in [6.45, 7) is 11.9. The fourth-order valence-corrected chi connectivity index (χ4v) is 5.10. The molecule has 0 spiro atoms. The molecule has 0 bridgehead atoms. The van der Waals surface area contributed by atoms with Gasteiger partial charge in [-0.1, -0.05) is 71.8 Å². The first-order valence-corrected chi connectivity index (χ1v) is 12.1. The van der Waals surface area contributed by atoms with E-state index in [0.29, 0.717) is 22.5 Å². The van der Waals surface area contributed by atoms with Gasteiger partial charge in [-0.3, -0.25) is 9.59 Å². The Morgan fingerprint density at radius 2 is 0.806 bits per heavy atom. The van der Waals surface area contributed by atoms with Crippen LogP contribution in [0.25, 0.3) is 11.1 Å². The number of anilines is 2. The Labute approximate surface area is 213 Å². The van der Waals surface area contributed by atoms with Gasteiger partial charge in [0.2, 0.25) is 0 Å². The first kappa shape index (κ1) is 24.9.